The zero-order valence-corrected chi connectivity index (χ0v) is 14.8. The van der Waals surface area contributed by atoms with Gasteiger partial charge < -0.3 is 14.8 Å². The first-order valence-corrected chi connectivity index (χ1v) is 8.56. The number of H-pyrrole nitrogens is 1. The highest BCUT2D eigenvalue weighted by atomic mass is 15.3. The van der Waals surface area contributed by atoms with Crippen LogP contribution in [0.3, 0.4) is 0 Å². The van der Waals surface area contributed by atoms with Gasteiger partial charge in [0.25, 0.3) is 0 Å². The molecule has 1 saturated heterocycles. The summed E-state index contributed by atoms with van der Waals surface area (Å²) in [4.78, 5) is 29.6. The molecular weight excluding hydrogens is 316 g/mol. The van der Waals surface area contributed by atoms with Crippen LogP contribution < -0.4 is 9.80 Å². The van der Waals surface area contributed by atoms with Gasteiger partial charge in [-0.15, -0.1) is 0 Å². The van der Waals surface area contributed by atoms with Gasteiger partial charge in [0.2, 0.25) is 0 Å². The average molecular weight is 338 g/mol. The van der Waals surface area contributed by atoms with Crippen LogP contribution in [0.2, 0.25) is 0 Å². The predicted octanol–water partition coefficient (Wildman–Crippen LogP) is 1.86. The van der Waals surface area contributed by atoms with Crippen LogP contribution in [0, 0.1) is 13.8 Å². The van der Waals surface area contributed by atoms with E-state index in [0.29, 0.717) is 11.7 Å². The molecule has 3 aromatic heterocycles. The number of nitrogens with one attached hydrogen (secondary N) is 1. The first-order valence-electron chi connectivity index (χ1n) is 8.56. The molecule has 130 valence electrons. The number of rotatable bonds is 3. The van der Waals surface area contributed by atoms with Crippen LogP contribution in [-0.2, 0) is 0 Å². The number of piperidine rings is 1. The zero-order chi connectivity index (χ0) is 17.4. The summed E-state index contributed by atoms with van der Waals surface area (Å²) in [5.74, 6) is 2.77. The number of imidazole rings is 1. The number of aromatic nitrogens is 6. The second-order valence-electron chi connectivity index (χ2n) is 6.54. The summed E-state index contributed by atoms with van der Waals surface area (Å²) in [6, 6.07) is 2.50. The third-order valence-corrected chi connectivity index (χ3v) is 4.83. The summed E-state index contributed by atoms with van der Waals surface area (Å²) >= 11 is 0. The highest BCUT2D eigenvalue weighted by molar-refractivity contribution is 5.82. The van der Waals surface area contributed by atoms with Gasteiger partial charge in [0.15, 0.2) is 11.5 Å². The maximum atomic E-state index is 4.59. The molecular formula is C17H22N8. The van der Waals surface area contributed by atoms with E-state index >= 15 is 0 Å². The number of aryl methyl sites for hydroxylation is 2. The van der Waals surface area contributed by atoms with Gasteiger partial charge in [0, 0.05) is 37.9 Å². The van der Waals surface area contributed by atoms with Gasteiger partial charge in [0.05, 0.1) is 6.33 Å². The first-order chi connectivity index (χ1) is 12.1. The lowest BCUT2D eigenvalue weighted by atomic mass is 10.0. The highest BCUT2D eigenvalue weighted by Crippen LogP contribution is 2.26. The van der Waals surface area contributed by atoms with E-state index in [2.05, 4.69) is 52.8 Å². The standard InChI is InChI=1S/C17H22N8/c1-11-8-14(23-12(2)22-11)25-6-4-13(5-7-25)24(3)17-15-16(19-9-18-15)20-10-21-17/h8-10,13H,4-7H2,1-3H3,(H,18,19,20,21). The highest BCUT2D eigenvalue weighted by Gasteiger charge is 2.25. The van der Waals surface area contributed by atoms with Crippen molar-refractivity contribution in [2.45, 2.75) is 32.7 Å². The Morgan fingerprint density at radius 2 is 1.92 bits per heavy atom. The molecule has 8 nitrogen and oxygen atoms in total. The second-order valence-corrected chi connectivity index (χ2v) is 6.54. The number of hydrogen-bond acceptors (Lipinski definition) is 7. The normalized spacial score (nSPS) is 15.7. The van der Waals surface area contributed by atoms with Crippen molar-refractivity contribution in [3.8, 4) is 0 Å². The molecule has 0 aliphatic carbocycles. The fourth-order valence-electron chi connectivity index (χ4n) is 3.53. The van der Waals surface area contributed by atoms with Crippen LogP contribution in [0.1, 0.15) is 24.4 Å². The van der Waals surface area contributed by atoms with Crippen molar-refractivity contribution >= 4 is 22.8 Å². The summed E-state index contributed by atoms with van der Waals surface area (Å²) in [7, 11) is 2.10. The third-order valence-electron chi connectivity index (χ3n) is 4.83. The van der Waals surface area contributed by atoms with E-state index in [-0.39, 0.29) is 0 Å². The monoisotopic (exact) mass is 338 g/mol. The number of anilines is 2. The minimum absolute atomic E-state index is 0.432. The Labute approximate surface area is 146 Å². The van der Waals surface area contributed by atoms with E-state index < -0.39 is 0 Å². The van der Waals surface area contributed by atoms with Crippen molar-refractivity contribution in [2.24, 2.45) is 0 Å². The summed E-state index contributed by atoms with van der Waals surface area (Å²) in [5.41, 5.74) is 2.63. The summed E-state index contributed by atoms with van der Waals surface area (Å²) in [6.07, 6.45) is 5.35. The van der Waals surface area contributed by atoms with Gasteiger partial charge in [-0.3, -0.25) is 0 Å². The number of aromatic amines is 1. The van der Waals surface area contributed by atoms with E-state index in [4.69, 9.17) is 0 Å². The smallest absolute Gasteiger partial charge is 0.182 e. The molecule has 0 atom stereocenters. The Morgan fingerprint density at radius 1 is 1.12 bits per heavy atom. The molecule has 4 rings (SSSR count). The minimum Gasteiger partial charge on any atom is -0.356 e. The molecule has 0 amide bonds. The molecule has 25 heavy (non-hydrogen) atoms. The average Bonchev–Trinajstić information content (AvgIpc) is 3.09. The van der Waals surface area contributed by atoms with E-state index in [9.17, 15) is 0 Å². The zero-order valence-electron chi connectivity index (χ0n) is 14.8. The largest absolute Gasteiger partial charge is 0.356 e. The number of hydrogen-bond donors (Lipinski definition) is 1. The SMILES string of the molecule is Cc1cc(N2CCC(N(C)c3ncnc4nc[nH]c34)CC2)nc(C)n1. The molecule has 0 bridgehead atoms. The first kappa shape index (κ1) is 15.7. The molecule has 1 aliphatic rings. The molecule has 1 aliphatic heterocycles. The van der Waals surface area contributed by atoms with Crippen molar-refractivity contribution in [3.63, 3.8) is 0 Å². The summed E-state index contributed by atoms with van der Waals surface area (Å²) < 4.78 is 0. The Balaban J connectivity index is 1.49. The second kappa shape index (κ2) is 6.27. The van der Waals surface area contributed by atoms with Gasteiger partial charge in [-0.25, -0.2) is 24.9 Å². The van der Waals surface area contributed by atoms with E-state index in [0.717, 1.165) is 54.6 Å². The van der Waals surface area contributed by atoms with Crippen molar-refractivity contribution in [1.29, 1.82) is 0 Å². The lowest BCUT2D eigenvalue weighted by Gasteiger charge is -2.37. The maximum Gasteiger partial charge on any atom is 0.182 e. The van der Waals surface area contributed by atoms with Crippen molar-refractivity contribution < 1.29 is 0 Å². The summed E-state index contributed by atoms with van der Waals surface area (Å²) in [5, 5.41) is 0. The quantitative estimate of drug-likeness (QED) is 0.780. The predicted molar refractivity (Wildman–Crippen MR) is 96.8 cm³/mol. The molecule has 3 aromatic rings. The van der Waals surface area contributed by atoms with Crippen molar-refractivity contribution in [3.05, 3.63) is 30.2 Å². The van der Waals surface area contributed by atoms with Crippen LogP contribution in [0.15, 0.2) is 18.7 Å². The lowest BCUT2D eigenvalue weighted by Crippen LogP contribution is -2.44. The van der Waals surface area contributed by atoms with Gasteiger partial charge in [-0.05, 0) is 26.7 Å². The Hall–Kier alpha value is -2.77. The topological polar surface area (TPSA) is 86.7 Å². The van der Waals surface area contributed by atoms with Crippen LogP contribution >= 0.6 is 0 Å². The Kier molecular flexibility index (Phi) is 3.95. The molecule has 1 N–H and O–H groups in total. The fraction of sp³-hybridized carbons (Fsp3) is 0.471. The molecule has 0 radical (unpaired) electrons. The van der Waals surface area contributed by atoms with Crippen LogP contribution in [-0.4, -0.2) is 56.1 Å². The van der Waals surface area contributed by atoms with Gasteiger partial charge in [-0.2, -0.15) is 0 Å². The number of fused-ring (bicyclic) bond motifs is 1. The van der Waals surface area contributed by atoms with Gasteiger partial charge >= 0.3 is 0 Å². The van der Waals surface area contributed by atoms with Crippen molar-refractivity contribution in [2.75, 3.05) is 29.9 Å². The maximum absolute atomic E-state index is 4.59. The lowest BCUT2D eigenvalue weighted by molar-refractivity contribution is 0.478. The Morgan fingerprint density at radius 3 is 2.68 bits per heavy atom. The van der Waals surface area contributed by atoms with Crippen molar-refractivity contribution in [1.82, 2.24) is 29.9 Å². The molecule has 0 aromatic carbocycles. The van der Waals surface area contributed by atoms with E-state index in [1.165, 1.54) is 0 Å². The molecule has 0 saturated carbocycles. The Bertz CT molecular complexity index is 861. The van der Waals surface area contributed by atoms with Crippen LogP contribution in [0.5, 0.6) is 0 Å². The van der Waals surface area contributed by atoms with E-state index in [1.54, 1.807) is 12.7 Å². The molecule has 4 heterocycles. The molecule has 0 unspecified atom stereocenters. The minimum atomic E-state index is 0.432. The molecule has 1 fully saturated rings. The summed E-state index contributed by atoms with van der Waals surface area (Å²) in [6.45, 7) is 5.91. The fourth-order valence-corrected chi connectivity index (χ4v) is 3.53. The number of nitrogens with zero attached hydrogens (tertiary/aromatic N) is 7. The van der Waals surface area contributed by atoms with Crippen LogP contribution in [0.25, 0.3) is 11.2 Å². The van der Waals surface area contributed by atoms with Crippen LogP contribution in [0.4, 0.5) is 11.6 Å². The molecule has 8 heteroatoms. The molecule has 0 spiro atoms. The van der Waals surface area contributed by atoms with E-state index in [1.807, 2.05) is 13.8 Å². The third kappa shape index (κ3) is 2.99. The van der Waals surface area contributed by atoms with Gasteiger partial charge in [0.1, 0.15) is 23.5 Å². The van der Waals surface area contributed by atoms with Gasteiger partial charge in [-0.1, -0.05) is 0 Å².